The molecule has 0 aromatic heterocycles. The third-order valence-electron chi connectivity index (χ3n) is 2.03. The van der Waals surface area contributed by atoms with Crippen LogP contribution in [0.25, 0.3) is 0 Å². The van der Waals surface area contributed by atoms with Crippen molar-refractivity contribution in [2.24, 2.45) is 5.92 Å². The van der Waals surface area contributed by atoms with Gasteiger partial charge in [-0.1, -0.05) is 60.8 Å². The summed E-state index contributed by atoms with van der Waals surface area (Å²) in [7, 11) is 4.24. The van der Waals surface area contributed by atoms with Crippen molar-refractivity contribution in [3.63, 3.8) is 0 Å². The van der Waals surface area contributed by atoms with E-state index in [1.54, 1.807) is 0 Å². The lowest BCUT2D eigenvalue weighted by Gasteiger charge is -2.06. The van der Waals surface area contributed by atoms with Gasteiger partial charge in [-0.25, -0.2) is 0 Å². The van der Waals surface area contributed by atoms with Crippen molar-refractivity contribution in [1.29, 1.82) is 0 Å². The molecule has 1 nitrogen and oxygen atoms in total. The van der Waals surface area contributed by atoms with Gasteiger partial charge in [0.2, 0.25) is 0 Å². The summed E-state index contributed by atoms with van der Waals surface area (Å²) in [6, 6.07) is 0. The Kier molecular flexibility index (Phi) is 26.5. The molecule has 0 bridgehead atoms. The van der Waals surface area contributed by atoms with E-state index in [4.69, 9.17) is 0 Å². The van der Waals surface area contributed by atoms with Crippen molar-refractivity contribution in [3.8, 4) is 0 Å². The molecule has 0 atom stereocenters. The van der Waals surface area contributed by atoms with Crippen molar-refractivity contribution < 1.29 is 0 Å². The van der Waals surface area contributed by atoms with Gasteiger partial charge in [0.15, 0.2) is 0 Å². The molecule has 0 radical (unpaired) electrons. The Morgan fingerprint density at radius 3 is 1.53 bits per heavy atom. The van der Waals surface area contributed by atoms with Gasteiger partial charge < -0.3 is 4.90 Å². The van der Waals surface area contributed by atoms with Crippen molar-refractivity contribution in [3.05, 3.63) is 0 Å². The normalized spacial score (nSPS) is 9.20. The van der Waals surface area contributed by atoms with Crippen molar-refractivity contribution >= 4 is 0 Å². The maximum absolute atomic E-state index is 2.23. The molecule has 0 fully saturated rings. The van der Waals surface area contributed by atoms with Crippen LogP contribution in [0.4, 0.5) is 0 Å². The zero-order valence-electron chi connectivity index (χ0n) is 12.6. The maximum atomic E-state index is 2.23. The fourth-order valence-corrected chi connectivity index (χ4v) is 0.678. The summed E-state index contributed by atoms with van der Waals surface area (Å²) in [5.74, 6) is 0.884. The first-order valence-corrected chi connectivity index (χ1v) is 6.69. The topological polar surface area (TPSA) is 3.24 Å². The molecule has 0 amide bonds. The smallest absolute Gasteiger partial charge is 0.00248 e. The number of nitrogens with zero attached hydrogens (tertiary/aromatic N) is 1. The second-order valence-corrected chi connectivity index (χ2v) is 4.31. The van der Waals surface area contributed by atoms with Crippen LogP contribution in [0.3, 0.4) is 0 Å². The van der Waals surface area contributed by atoms with Crippen LogP contribution in [0.1, 0.15) is 67.2 Å². The third kappa shape index (κ3) is 41.2. The summed E-state index contributed by atoms with van der Waals surface area (Å²) in [6.45, 7) is 14.1. The van der Waals surface area contributed by atoms with E-state index in [0.29, 0.717) is 0 Å². The van der Waals surface area contributed by atoms with Crippen LogP contribution >= 0.6 is 0 Å². The predicted molar refractivity (Wildman–Crippen MR) is 74.6 cm³/mol. The number of hydrogen-bond acceptors (Lipinski definition) is 1. The monoisotopic (exact) mass is 217 g/mol. The molecule has 0 heterocycles. The summed E-state index contributed by atoms with van der Waals surface area (Å²) in [5.41, 5.74) is 0. The van der Waals surface area contributed by atoms with E-state index in [0.717, 1.165) is 5.92 Å². The molecule has 0 aliphatic rings. The third-order valence-corrected chi connectivity index (χ3v) is 2.03. The highest BCUT2D eigenvalue weighted by atomic mass is 15.0. The Labute approximate surface area is 99.3 Å². The Balaban J connectivity index is -0.000000177. The lowest BCUT2D eigenvalue weighted by Crippen LogP contribution is -2.12. The van der Waals surface area contributed by atoms with Crippen molar-refractivity contribution in [2.45, 2.75) is 67.2 Å². The van der Waals surface area contributed by atoms with Gasteiger partial charge in [-0.05, 0) is 33.0 Å². The zero-order chi connectivity index (χ0) is 12.7. The van der Waals surface area contributed by atoms with Gasteiger partial charge in [0, 0.05) is 0 Å². The minimum atomic E-state index is 0.884. The molecule has 0 aromatic rings. The quantitative estimate of drug-likeness (QED) is 0.597. The minimum Gasteiger partial charge on any atom is -0.309 e. The molecule has 0 unspecified atom stereocenters. The summed E-state index contributed by atoms with van der Waals surface area (Å²) < 4.78 is 0. The average Bonchev–Trinajstić information content (AvgIpc) is 2.21. The van der Waals surface area contributed by atoms with E-state index in [9.17, 15) is 0 Å². The Morgan fingerprint density at radius 1 is 0.933 bits per heavy atom. The summed E-state index contributed by atoms with van der Waals surface area (Å²) in [6.07, 6.45) is 5.36. The highest BCUT2D eigenvalue weighted by Gasteiger charge is 1.86. The highest BCUT2D eigenvalue weighted by Crippen LogP contribution is 1.94. The molecule has 0 N–H and O–H groups in total. The molecule has 0 rings (SSSR count). The van der Waals surface area contributed by atoms with Gasteiger partial charge in [-0.3, -0.25) is 0 Å². The van der Waals surface area contributed by atoms with Gasteiger partial charge in [-0.15, -0.1) is 0 Å². The Morgan fingerprint density at radius 2 is 1.33 bits per heavy atom. The van der Waals surface area contributed by atoms with Crippen LogP contribution in [0, 0.1) is 5.92 Å². The van der Waals surface area contributed by atoms with Crippen LogP contribution in [-0.2, 0) is 0 Å². The predicted octanol–water partition coefficient (Wildman–Crippen LogP) is 4.82. The molecule has 0 aliphatic carbocycles. The molecule has 0 saturated heterocycles. The van der Waals surface area contributed by atoms with Gasteiger partial charge in [0.05, 0.1) is 0 Å². The second-order valence-electron chi connectivity index (χ2n) is 4.31. The van der Waals surface area contributed by atoms with Crippen LogP contribution < -0.4 is 0 Å². The van der Waals surface area contributed by atoms with Crippen LogP contribution in [0.15, 0.2) is 0 Å². The Hall–Kier alpha value is -0.0400. The highest BCUT2D eigenvalue weighted by molar-refractivity contribution is 4.42. The van der Waals surface area contributed by atoms with E-state index in [-0.39, 0.29) is 0 Å². The first-order chi connectivity index (χ1) is 7.04. The minimum absolute atomic E-state index is 0.884. The molecule has 96 valence electrons. The van der Waals surface area contributed by atoms with Crippen LogP contribution in [0.5, 0.6) is 0 Å². The summed E-state index contributed by atoms with van der Waals surface area (Å²) in [4.78, 5) is 2.23. The van der Waals surface area contributed by atoms with E-state index >= 15 is 0 Å². The molecular weight excluding hydrogens is 182 g/mol. The van der Waals surface area contributed by atoms with Gasteiger partial charge >= 0.3 is 0 Å². The summed E-state index contributed by atoms with van der Waals surface area (Å²) >= 11 is 0. The van der Waals surface area contributed by atoms with Gasteiger partial charge in [0.1, 0.15) is 0 Å². The van der Waals surface area contributed by atoms with Gasteiger partial charge in [0.25, 0.3) is 0 Å². The number of rotatable bonds is 5. The van der Waals surface area contributed by atoms with Crippen LogP contribution in [-0.4, -0.2) is 25.5 Å². The molecular formula is C14H35N. The van der Waals surface area contributed by atoms with Crippen LogP contribution in [0.2, 0.25) is 0 Å². The molecule has 0 saturated carbocycles. The molecule has 15 heavy (non-hydrogen) atoms. The maximum Gasteiger partial charge on any atom is -0.00248 e. The fourth-order valence-electron chi connectivity index (χ4n) is 0.678. The first kappa shape index (κ1) is 20.4. The van der Waals surface area contributed by atoms with E-state index < -0.39 is 0 Å². The fraction of sp³-hybridized carbons (Fsp3) is 1.00. The molecule has 0 aliphatic heterocycles. The van der Waals surface area contributed by atoms with E-state index in [2.05, 4.69) is 46.7 Å². The molecule has 0 aromatic carbocycles. The van der Waals surface area contributed by atoms with Crippen molar-refractivity contribution in [1.82, 2.24) is 4.90 Å². The lowest BCUT2D eigenvalue weighted by molar-refractivity contribution is 0.393. The zero-order valence-corrected chi connectivity index (χ0v) is 12.6. The molecule has 1 heteroatoms. The average molecular weight is 217 g/mol. The van der Waals surface area contributed by atoms with Crippen molar-refractivity contribution in [2.75, 3.05) is 20.6 Å². The SMILES string of the molecule is CC.CCC(C)C.CCCCCN(C)C. The lowest BCUT2D eigenvalue weighted by atomic mass is 10.2. The Bertz CT molecular complexity index is 77.4. The van der Waals surface area contributed by atoms with E-state index in [1.807, 2.05) is 13.8 Å². The summed E-state index contributed by atoms with van der Waals surface area (Å²) in [5, 5.41) is 0. The van der Waals surface area contributed by atoms with E-state index in [1.165, 1.54) is 32.2 Å². The second kappa shape index (κ2) is 19.5. The standard InChI is InChI=1S/C7H17N.C5H12.C2H6/c1-4-5-6-7-8(2)3;1-4-5(2)3;1-2/h4-7H2,1-3H3;5H,4H2,1-3H3;1-2H3. The van der Waals surface area contributed by atoms with Gasteiger partial charge in [-0.2, -0.15) is 0 Å². The molecule has 0 spiro atoms. The number of unbranched alkanes of at least 4 members (excludes halogenated alkanes) is 2. The first-order valence-electron chi connectivity index (χ1n) is 6.69. The number of hydrogen-bond donors (Lipinski definition) is 0. The largest absolute Gasteiger partial charge is 0.309 e.